The van der Waals surface area contributed by atoms with E-state index in [-0.39, 0.29) is 0 Å². The first-order chi connectivity index (χ1) is 6.02. The maximum Gasteiger partial charge on any atom is 0.0386 e. The summed E-state index contributed by atoms with van der Waals surface area (Å²) in [6.07, 6.45) is 3.72. The SMILES string of the molecule is C=CC(=C/C(=C)C(=C)C)/C(C)=N\C. The maximum absolute atomic E-state index is 4.08. The van der Waals surface area contributed by atoms with Gasteiger partial charge >= 0.3 is 0 Å². The van der Waals surface area contributed by atoms with Gasteiger partial charge < -0.3 is 0 Å². The molecule has 0 saturated heterocycles. The van der Waals surface area contributed by atoms with Gasteiger partial charge in [0.1, 0.15) is 0 Å². The molecule has 0 radical (unpaired) electrons. The van der Waals surface area contributed by atoms with Gasteiger partial charge in [-0.3, -0.25) is 4.99 Å². The fourth-order valence-corrected chi connectivity index (χ4v) is 0.751. The lowest BCUT2D eigenvalue weighted by atomic mass is 10.0. The molecular weight excluding hydrogens is 158 g/mol. The zero-order chi connectivity index (χ0) is 10.4. The zero-order valence-electron chi connectivity index (χ0n) is 8.72. The van der Waals surface area contributed by atoms with Crippen LogP contribution in [0.5, 0.6) is 0 Å². The number of hydrogen-bond acceptors (Lipinski definition) is 1. The molecule has 0 saturated carbocycles. The summed E-state index contributed by atoms with van der Waals surface area (Å²) in [5, 5.41) is 0. The molecule has 0 aliphatic rings. The Labute approximate surface area is 80.9 Å². The van der Waals surface area contributed by atoms with Gasteiger partial charge in [0.05, 0.1) is 0 Å². The van der Waals surface area contributed by atoms with E-state index >= 15 is 0 Å². The van der Waals surface area contributed by atoms with Gasteiger partial charge in [0.15, 0.2) is 0 Å². The number of allylic oxidation sites excluding steroid dienone is 5. The molecule has 0 aliphatic carbocycles. The van der Waals surface area contributed by atoms with E-state index in [1.54, 1.807) is 13.1 Å². The van der Waals surface area contributed by atoms with Crippen molar-refractivity contribution in [2.45, 2.75) is 13.8 Å². The quantitative estimate of drug-likeness (QED) is 0.459. The average Bonchev–Trinajstić information content (AvgIpc) is 2.12. The van der Waals surface area contributed by atoms with Gasteiger partial charge in [0.25, 0.3) is 0 Å². The Hall–Kier alpha value is -1.37. The second-order valence-electron chi connectivity index (χ2n) is 2.92. The van der Waals surface area contributed by atoms with E-state index in [2.05, 4.69) is 24.7 Å². The van der Waals surface area contributed by atoms with Crippen molar-refractivity contribution in [2.75, 3.05) is 7.05 Å². The third-order valence-corrected chi connectivity index (χ3v) is 1.85. The van der Waals surface area contributed by atoms with Crippen molar-refractivity contribution in [2.24, 2.45) is 4.99 Å². The predicted molar refractivity (Wildman–Crippen MR) is 61.3 cm³/mol. The minimum absolute atomic E-state index is 0.915. The van der Waals surface area contributed by atoms with Crippen molar-refractivity contribution in [3.05, 3.63) is 48.6 Å². The van der Waals surface area contributed by atoms with E-state index in [0.717, 1.165) is 22.4 Å². The highest BCUT2D eigenvalue weighted by Gasteiger charge is 1.97. The first-order valence-electron chi connectivity index (χ1n) is 4.15. The average molecular weight is 175 g/mol. The molecule has 0 N–H and O–H groups in total. The van der Waals surface area contributed by atoms with Crippen LogP contribution in [0.3, 0.4) is 0 Å². The molecule has 0 aromatic rings. The second kappa shape index (κ2) is 5.31. The molecule has 0 heterocycles. The van der Waals surface area contributed by atoms with Crippen LogP contribution in [0, 0.1) is 0 Å². The highest BCUT2D eigenvalue weighted by molar-refractivity contribution is 6.01. The van der Waals surface area contributed by atoms with Gasteiger partial charge in [-0.25, -0.2) is 0 Å². The first kappa shape index (κ1) is 11.6. The zero-order valence-corrected chi connectivity index (χ0v) is 8.72. The minimum atomic E-state index is 0.915. The molecular formula is C12H17N. The summed E-state index contributed by atoms with van der Waals surface area (Å²) in [4.78, 5) is 4.08. The van der Waals surface area contributed by atoms with Gasteiger partial charge in [0.2, 0.25) is 0 Å². The van der Waals surface area contributed by atoms with E-state index in [1.807, 2.05) is 19.9 Å². The highest BCUT2D eigenvalue weighted by Crippen LogP contribution is 2.10. The molecule has 0 rings (SSSR count). The summed E-state index contributed by atoms with van der Waals surface area (Å²) in [5.74, 6) is 0. The Kier molecular flexibility index (Phi) is 4.75. The van der Waals surface area contributed by atoms with Crippen LogP contribution in [0.1, 0.15) is 13.8 Å². The van der Waals surface area contributed by atoms with Crippen LogP contribution in [0.25, 0.3) is 0 Å². The van der Waals surface area contributed by atoms with Crippen molar-refractivity contribution < 1.29 is 0 Å². The highest BCUT2D eigenvalue weighted by atomic mass is 14.7. The standard InChI is InChI=1S/C12H17N/c1-7-12(11(5)13-6)8-10(4)9(2)3/h7-8H,1-2,4H2,3,5-6H3/b12-8-,13-11-. The lowest BCUT2D eigenvalue weighted by Crippen LogP contribution is -1.94. The van der Waals surface area contributed by atoms with Crippen molar-refractivity contribution in [1.82, 2.24) is 0 Å². The summed E-state index contributed by atoms with van der Waals surface area (Å²) >= 11 is 0. The number of aliphatic imine (C=N–C) groups is 1. The second-order valence-corrected chi connectivity index (χ2v) is 2.92. The van der Waals surface area contributed by atoms with Crippen molar-refractivity contribution >= 4 is 5.71 Å². The Morgan fingerprint density at radius 3 is 2.08 bits per heavy atom. The summed E-state index contributed by atoms with van der Waals surface area (Å²) in [6.45, 7) is 15.3. The molecule has 13 heavy (non-hydrogen) atoms. The van der Waals surface area contributed by atoms with E-state index in [4.69, 9.17) is 0 Å². The van der Waals surface area contributed by atoms with E-state index in [1.165, 1.54) is 0 Å². The van der Waals surface area contributed by atoms with Crippen LogP contribution in [-0.4, -0.2) is 12.8 Å². The normalized spacial score (nSPS) is 12.5. The molecule has 1 heteroatoms. The molecule has 0 aromatic carbocycles. The lowest BCUT2D eigenvalue weighted by Gasteiger charge is -2.02. The smallest absolute Gasteiger partial charge is 0.0386 e. The lowest BCUT2D eigenvalue weighted by molar-refractivity contribution is 1.40. The maximum atomic E-state index is 4.08. The summed E-state index contributed by atoms with van der Waals surface area (Å²) in [6, 6.07) is 0. The number of hydrogen-bond donors (Lipinski definition) is 0. The van der Waals surface area contributed by atoms with Gasteiger partial charge in [-0.2, -0.15) is 0 Å². The number of rotatable bonds is 4. The Balaban J connectivity index is 4.88. The van der Waals surface area contributed by atoms with Gasteiger partial charge in [-0.05, 0) is 31.1 Å². The Bertz CT molecular complexity index is 290. The van der Waals surface area contributed by atoms with Crippen LogP contribution >= 0.6 is 0 Å². The summed E-state index contributed by atoms with van der Waals surface area (Å²) in [5.41, 5.74) is 3.83. The predicted octanol–water partition coefficient (Wildman–Crippen LogP) is 3.32. The van der Waals surface area contributed by atoms with E-state index in [9.17, 15) is 0 Å². The molecule has 0 bridgehead atoms. The monoisotopic (exact) mass is 175 g/mol. The molecule has 0 unspecified atom stereocenters. The summed E-state index contributed by atoms with van der Waals surface area (Å²) in [7, 11) is 1.76. The molecule has 1 nitrogen and oxygen atoms in total. The van der Waals surface area contributed by atoms with E-state index in [0.29, 0.717) is 0 Å². The Morgan fingerprint density at radius 1 is 1.23 bits per heavy atom. The van der Waals surface area contributed by atoms with Crippen molar-refractivity contribution in [3.63, 3.8) is 0 Å². The molecule has 0 atom stereocenters. The molecule has 0 aliphatic heterocycles. The fourth-order valence-electron chi connectivity index (χ4n) is 0.751. The van der Waals surface area contributed by atoms with Crippen LogP contribution < -0.4 is 0 Å². The van der Waals surface area contributed by atoms with Gasteiger partial charge in [-0.15, -0.1) is 0 Å². The number of nitrogens with zero attached hydrogens (tertiary/aromatic N) is 1. The summed E-state index contributed by atoms with van der Waals surface area (Å²) < 4.78 is 0. The third kappa shape index (κ3) is 3.70. The van der Waals surface area contributed by atoms with Crippen LogP contribution in [0.4, 0.5) is 0 Å². The largest absolute Gasteiger partial charge is 0.293 e. The van der Waals surface area contributed by atoms with Gasteiger partial charge in [-0.1, -0.05) is 31.4 Å². The fraction of sp³-hybridized carbons (Fsp3) is 0.250. The third-order valence-electron chi connectivity index (χ3n) is 1.85. The van der Waals surface area contributed by atoms with Crippen LogP contribution in [0.15, 0.2) is 53.6 Å². The topological polar surface area (TPSA) is 12.4 Å². The molecule has 0 amide bonds. The van der Waals surface area contributed by atoms with Crippen LogP contribution in [0.2, 0.25) is 0 Å². The van der Waals surface area contributed by atoms with Crippen LogP contribution in [-0.2, 0) is 0 Å². The minimum Gasteiger partial charge on any atom is -0.293 e. The van der Waals surface area contributed by atoms with Crippen molar-refractivity contribution in [3.8, 4) is 0 Å². The molecule has 0 fully saturated rings. The van der Waals surface area contributed by atoms with Gasteiger partial charge in [0, 0.05) is 12.8 Å². The molecule has 0 spiro atoms. The Morgan fingerprint density at radius 2 is 1.77 bits per heavy atom. The first-order valence-corrected chi connectivity index (χ1v) is 4.15. The molecule has 0 aromatic heterocycles. The van der Waals surface area contributed by atoms with E-state index < -0.39 is 0 Å². The molecule has 70 valence electrons. The van der Waals surface area contributed by atoms with Crippen molar-refractivity contribution in [1.29, 1.82) is 0 Å².